The second-order valence-electron chi connectivity index (χ2n) is 3.60. The first-order valence-electron chi connectivity index (χ1n) is 5.61. The quantitative estimate of drug-likeness (QED) is 0.493. The van der Waals surface area contributed by atoms with Crippen molar-refractivity contribution in [2.45, 2.75) is 57.7 Å². The zero-order valence-corrected chi connectivity index (χ0v) is 10.1. The van der Waals surface area contributed by atoms with Crippen molar-refractivity contribution >= 4 is 17.5 Å². The molecule has 0 aromatic rings. The Morgan fingerprint density at radius 2 is 2.07 bits per heavy atom. The predicted molar refractivity (Wildman–Crippen MR) is 61.7 cm³/mol. The van der Waals surface area contributed by atoms with Crippen molar-refractivity contribution in [1.29, 1.82) is 0 Å². The van der Waals surface area contributed by atoms with Gasteiger partial charge in [0, 0.05) is 18.3 Å². The van der Waals surface area contributed by atoms with Crippen LogP contribution in [0.5, 0.6) is 0 Å². The van der Waals surface area contributed by atoms with E-state index in [2.05, 4.69) is 19.2 Å². The minimum atomic E-state index is 0.175. The summed E-state index contributed by atoms with van der Waals surface area (Å²) in [6.07, 6.45) is 5.71. The summed E-state index contributed by atoms with van der Waals surface area (Å²) in [4.78, 5) is 11.2. The van der Waals surface area contributed by atoms with Gasteiger partial charge in [0.05, 0.1) is 0 Å². The number of halogens is 1. The Labute approximate surface area is 92.4 Å². The van der Waals surface area contributed by atoms with Gasteiger partial charge >= 0.3 is 0 Å². The molecule has 1 amide bonds. The maximum absolute atomic E-state index is 11.2. The zero-order valence-electron chi connectivity index (χ0n) is 9.31. The van der Waals surface area contributed by atoms with Crippen LogP contribution in [-0.2, 0) is 4.79 Å². The molecule has 84 valence electrons. The van der Waals surface area contributed by atoms with Gasteiger partial charge in [-0.1, -0.05) is 20.3 Å². The highest BCUT2D eigenvalue weighted by atomic mass is 35.5. The van der Waals surface area contributed by atoms with Crippen molar-refractivity contribution in [2.24, 2.45) is 0 Å². The van der Waals surface area contributed by atoms with E-state index in [4.69, 9.17) is 11.6 Å². The average Bonchev–Trinajstić information content (AvgIpc) is 2.21. The number of carbonyl (C=O) groups excluding carboxylic acids is 1. The molecule has 0 rings (SSSR count). The van der Waals surface area contributed by atoms with Gasteiger partial charge in [-0.25, -0.2) is 0 Å². The highest BCUT2D eigenvalue weighted by Gasteiger charge is 2.03. The first-order valence-corrected chi connectivity index (χ1v) is 6.05. The normalized spacial score (nSPS) is 12.5. The average molecular weight is 220 g/mol. The molecule has 2 nitrogen and oxygen atoms in total. The number of nitrogens with one attached hydrogen (secondary N) is 1. The van der Waals surface area contributed by atoms with Crippen LogP contribution in [0.1, 0.15) is 52.4 Å². The van der Waals surface area contributed by atoms with Crippen LogP contribution in [0, 0.1) is 0 Å². The van der Waals surface area contributed by atoms with Gasteiger partial charge in [-0.2, -0.15) is 0 Å². The molecular weight excluding hydrogens is 198 g/mol. The summed E-state index contributed by atoms with van der Waals surface area (Å²) < 4.78 is 0. The van der Waals surface area contributed by atoms with E-state index in [1.54, 1.807) is 0 Å². The maximum Gasteiger partial charge on any atom is 0.219 e. The highest BCUT2D eigenvalue weighted by molar-refractivity contribution is 6.20. The highest BCUT2D eigenvalue weighted by Crippen LogP contribution is 2.11. The first kappa shape index (κ1) is 13.8. The number of carbonyl (C=O) groups is 1. The lowest BCUT2D eigenvalue weighted by atomic mass is 10.1. The second-order valence-corrected chi connectivity index (χ2v) is 4.22. The van der Waals surface area contributed by atoms with Gasteiger partial charge in [0.2, 0.25) is 5.91 Å². The Balaban J connectivity index is 3.22. The van der Waals surface area contributed by atoms with Crippen molar-refractivity contribution in [1.82, 2.24) is 5.32 Å². The number of hydrogen-bond donors (Lipinski definition) is 1. The van der Waals surface area contributed by atoms with E-state index in [1.807, 2.05) is 0 Å². The van der Waals surface area contributed by atoms with Gasteiger partial charge in [0.25, 0.3) is 0 Å². The molecule has 0 heterocycles. The molecule has 0 aliphatic heterocycles. The van der Waals surface area contributed by atoms with Gasteiger partial charge in [-0.15, -0.1) is 11.6 Å². The van der Waals surface area contributed by atoms with Crippen molar-refractivity contribution in [3.8, 4) is 0 Å². The van der Waals surface area contributed by atoms with Crippen LogP contribution >= 0.6 is 11.6 Å². The maximum atomic E-state index is 11.2. The molecule has 0 saturated heterocycles. The summed E-state index contributed by atoms with van der Waals surface area (Å²) in [6, 6.07) is 0. The van der Waals surface area contributed by atoms with E-state index < -0.39 is 0 Å². The van der Waals surface area contributed by atoms with Gasteiger partial charge < -0.3 is 5.32 Å². The minimum absolute atomic E-state index is 0.175. The van der Waals surface area contributed by atoms with Gasteiger partial charge in [-0.3, -0.25) is 4.79 Å². The Hall–Kier alpha value is -0.240. The second kappa shape index (κ2) is 9.32. The van der Waals surface area contributed by atoms with Crippen molar-refractivity contribution in [2.75, 3.05) is 6.54 Å². The number of hydrogen-bond acceptors (Lipinski definition) is 1. The fraction of sp³-hybridized carbons (Fsp3) is 0.909. The van der Waals surface area contributed by atoms with E-state index in [0.717, 1.165) is 38.6 Å². The summed E-state index contributed by atoms with van der Waals surface area (Å²) in [5, 5.41) is 3.15. The molecule has 3 heteroatoms. The SMILES string of the molecule is CCCNC(=O)CCCCC(Cl)CC. The molecule has 0 aromatic carbocycles. The van der Waals surface area contributed by atoms with E-state index in [-0.39, 0.29) is 11.3 Å². The lowest BCUT2D eigenvalue weighted by Gasteiger charge is -2.06. The Bertz CT molecular complexity index is 150. The summed E-state index contributed by atoms with van der Waals surface area (Å²) in [6.45, 7) is 4.94. The van der Waals surface area contributed by atoms with Crippen molar-refractivity contribution in [3.05, 3.63) is 0 Å². The summed E-state index contributed by atoms with van der Waals surface area (Å²) >= 11 is 5.96. The molecule has 0 aliphatic carbocycles. The lowest BCUT2D eigenvalue weighted by molar-refractivity contribution is -0.121. The smallest absolute Gasteiger partial charge is 0.219 e. The summed E-state index contributed by atoms with van der Waals surface area (Å²) in [7, 11) is 0. The molecule has 1 atom stereocenters. The largest absolute Gasteiger partial charge is 0.356 e. The van der Waals surface area contributed by atoms with Crippen molar-refractivity contribution in [3.63, 3.8) is 0 Å². The Kier molecular flexibility index (Phi) is 9.16. The van der Waals surface area contributed by atoms with Crippen LogP contribution in [-0.4, -0.2) is 17.8 Å². The first-order chi connectivity index (χ1) is 6.70. The monoisotopic (exact) mass is 219 g/mol. The Morgan fingerprint density at radius 3 is 2.64 bits per heavy atom. The molecule has 0 spiro atoms. The fourth-order valence-corrected chi connectivity index (χ4v) is 1.36. The lowest BCUT2D eigenvalue weighted by Crippen LogP contribution is -2.23. The van der Waals surface area contributed by atoms with E-state index >= 15 is 0 Å². The third-order valence-corrected chi connectivity index (χ3v) is 2.71. The molecule has 1 unspecified atom stereocenters. The summed E-state index contributed by atoms with van der Waals surface area (Å²) in [5.41, 5.74) is 0. The number of rotatable bonds is 8. The number of alkyl halides is 1. The molecule has 0 aliphatic rings. The van der Waals surface area contributed by atoms with Crippen molar-refractivity contribution < 1.29 is 4.79 Å². The van der Waals surface area contributed by atoms with E-state index in [0.29, 0.717) is 6.42 Å². The fourth-order valence-electron chi connectivity index (χ4n) is 1.21. The predicted octanol–water partition coefficient (Wildman–Crippen LogP) is 3.09. The van der Waals surface area contributed by atoms with Crippen LogP contribution in [0.4, 0.5) is 0 Å². The van der Waals surface area contributed by atoms with Crippen LogP contribution in [0.2, 0.25) is 0 Å². The van der Waals surface area contributed by atoms with Gasteiger partial charge in [0.15, 0.2) is 0 Å². The molecule has 14 heavy (non-hydrogen) atoms. The third-order valence-electron chi connectivity index (χ3n) is 2.19. The van der Waals surface area contributed by atoms with Gasteiger partial charge in [0.1, 0.15) is 0 Å². The van der Waals surface area contributed by atoms with Gasteiger partial charge in [-0.05, 0) is 25.7 Å². The van der Waals surface area contributed by atoms with Crippen LogP contribution in [0.3, 0.4) is 0 Å². The molecule has 0 fully saturated rings. The topological polar surface area (TPSA) is 29.1 Å². The number of unbranched alkanes of at least 4 members (excludes halogenated alkanes) is 1. The summed E-state index contributed by atoms with van der Waals surface area (Å²) in [5.74, 6) is 0.175. The third kappa shape index (κ3) is 8.36. The zero-order chi connectivity index (χ0) is 10.8. The van der Waals surface area contributed by atoms with E-state index in [1.165, 1.54) is 0 Å². The van der Waals surface area contributed by atoms with Crippen LogP contribution in [0.15, 0.2) is 0 Å². The molecule has 1 N–H and O–H groups in total. The molecular formula is C11H22ClNO. The van der Waals surface area contributed by atoms with E-state index in [9.17, 15) is 4.79 Å². The van der Waals surface area contributed by atoms with Crippen LogP contribution < -0.4 is 5.32 Å². The molecule has 0 radical (unpaired) electrons. The minimum Gasteiger partial charge on any atom is -0.356 e. The molecule has 0 saturated carbocycles. The Morgan fingerprint density at radius 1 is 1.36 bits per heavy atom. The number of amides is 1. The van der Waals surface area contributed by atoms with Crippen LogP contribution in [0.25, 0.3) is 0 Å². The molecule has 0 aromatic heterocycles. The standard InChI is InChI=1S/C11H22ClNO/c1-3-9-13-11(14)8-6-5-7-10(12)4-2/h10H,3-9H2,1-2H3,(H,13,14). The molecule has 0 bridgehead atoms.